The van der Waals surface area contributed by atoms with Gasteiger partial charge in [-0.2, -0.15) is 0 Å². The lowest BCUT2D eigenvalue weighted by Crippen LogP contribution is -2.28. The Morgan fingerprint density at radius 1 is 1.26 bits per heavy atom. The Kier molecular flexibility index (Phi) is 6.28. The van der Waals surface area contributed by atoms with Crippen LogP contribution in [-0.4, -0.2) is 38.8 Å². The summed E-state index contributed by atoms with van der Waals surface area (Å²) in [7, 11) is 0. The van der Waals surface area contributed by atoms with Gasteiger partial charge in [0.15, 0.2) is 5.69 Å². The number of carbonyl (C=O) groups is 1. The lowest BCUT2D eigenvalue weighted by molar-refractivity contribution is 0.0789. The van der Waals surface area contributed by atoms with Crippen LogP contribution in [0.15, 0.2) is 29.9 Å². The molecule has 1 N–H and O–H groups in total. The molecule has 0 atom stereocenters. The average molecular weight is 387 g/mol. The highest BCUT2D eigenvalue weighted by Crippen LogP contribution is 2.26. The molecule has 8 heteroatoms. The first kappa shape index (κ1) is 19.2. The number of hydrogen-bond acceptors (Lipinski definition) is 6. The molecular formula is C19H22FN5OS. The first-order chi connectivity index (χ1) is 13.2. The number of rotatable bonds is 4. The fraction of sp³-hybridized carbons (Fsp3) is 0.368. The van der Waals surface area contributed by atoms with E-state index < -0.39 is 5.82 Å². The van der Waals surface area contributed by atoms with Crippen LogP contribution >= 0.6 is 11.3 Å². The zero-order valence-corrected chi connectivity index (χ0v) is 16.2. The average Bonchev–Trinajstić information content (AvgIpc) is 3.38. The minimum Gasteiger partial charge on any atom is -0.350 e. The third kappa shape index (κ3) is 4.39. The number of fused-ring (bicyclic) bond motifs is 1. The summed E-state index contributed by atoms with van der Waals surface area (Å²) in [6.07, 6.45) is 4.80. The molecule has 27 heavy (non-hydrogen) atoms. The lowest BCUT2D eigenvalue weighted by Gasteiger charge is -2.15. The summed E-state index contributed by atoms with van der Waals surface area (Å²) >= 11 is 1.47. The van der Waals surface area contributed by atoms with Gasteiger partial charge in [0.2, 0.25) is 5.95 Å². The second kappa shape index (κ2) is 8.85. The van der Waals surface area contributed by atoms with Gasteiger partial charge in [-0.05, 0) is 35.9 Å². The van der Waals surface area contributed by atoms with Gasteiger partial charge in [0.05, 0.1) is 16.4 Å². The van der Waals surface area contributed by atoms with Crippen LogP contribution in [-0.2, 0) is 6.54 Å². The van der Waals surface area contributed by atoms with Gasteiger partial charge >= 0.3 is 0 Å². The molecule has 0 spiro atoms. The van der Waals surface area contributed by atoms with Crippen molar-refractivity contribution in [2.24, 2.45) is 0 Å². The van der Waals surface area contributed by atoms with Crippen LogP contribution in [0.5, 0.6) is 0 Å². The van der Waals surface area contributed by atoms with Crippen LogP contribution in [0.3, 0.4) is 0 Å². The number of thiophene rings is 1. The highest BCUT2D eigenvalue weighted by Gasteiger charge is 2.24. The molecule has 0 aromatic carbocycles. The Hall–Kier alpha value is -2.61. The Balaban J connectivity index is 0.00000102. The summed E-state index contributed by atoms with van der Waals surface area (Å²) in [5.74, 6) is -0.0843. The smallest absolute Gasteiger partial charge is 0.274 e. The molecule has 3 aromatic rings. The number of nitrogens with zero attached hydrogens (tertiary/aromatic N) is 4. The normalized spacial score (nSPS) is 13.4. The standard InChI is InChI=1S/C17H16FN5OS.C2H6/c18-12-7-11(8-19-10-12)9-20-17-21-13-3-6-25-15(13)14(22-17)16(24)23-4-1-2-5-23;1-2/h3,6-8,10H,1-2,4-5,9H2,(H,20,21,22);1-2H3. The molecule has 3 aromatic heterocycles. The van der Waals surface area contributed by atoms with Gasteiger partial charge in [-0.1, -0.05) is 13.8 Å². The van der Waals surface area contributed by atoms with Gasteiger partial charge in [0.1, 0.15) is 5.82 Å². The van der Waals surface area contributed by atoms with Gasteiger partial charge in [0.25, 0.3) is 5.91 Å². The van der Waals surface area contributed by atoms with E-state index in [2.05, 4.69) is 20.3 Å². The zero-order valence-electron chi connectivity index (χ0n) is 15.4. The number of halogens is 1. The van der Waals surface area contributed by atoms with Crippen molar-refractivity contribution in [3.05, 3.63) is 47.0 Å². The Labute approximate surface area is 161 Å². The maximum absolute atomic E-state index is 13.2. The summed E-state index contributed by atoms with van der Waals surface area (Å²) in [6, 6.07) is 3.27. The van der Waals surface area contributed by atoms with Crippen molar-refractivity contribution in [1.29, 1.82) is 0 Å². The van der Waals surface area contributed by atoms with E-state index in [0.29, 0.717) is 23.8 Å². The SMILES string of the molecule is CC.O=C(c1nc(NCc2cncc(F)c2)nc2ccsc12)N1CCCC1. The molecule has 1 amide bonds. The maximum atomic E-state index is 13.2. The molecule has 142 valence electrons. The fourth-order valence-corrected chi connectivity index (χ4v) is 3.70. The fourth-order valence-electron chi connectivity index (χ4n) is 2.89. The predicted molar refractivity (Wildman–Crippen MR) is 105 cm³/mol. The van der Waals surface area contributed by atoms with E-state index in [1.54, 1.807) is 6.20 Å². The molecule has 0 radical (unpaired) electrons. The van der Waals surface area contributed by atoms with Crippen molar-refractivity contribution in [3.63, 3.8) is 0 Å². The lowest BCUT2D eigenvalue weighted by atomic mass is 10.3. The van der Waals surface area contributed by atoms with E-state index in [4.69, 9.17) is 0 Å². The number of hydrogen-bond donors (Lipinski definition) is 1. The highest BCUT2D eigenvalue weighted by atomic mass is 32.1. The molecule has 0 saturated carbocycles. The summed E-state index contributed by atoms with van der Waals surface area (Å²) in [5.41, 5.74) is 1.85. The number of anilines is 1. The maximum Gasteiger partial charge on any atom is 0.274 e. The number of likely N-dealkylation sites (tertiary alicyclic amines) is 1. The topological polar surface area (TPSA) is 71.0 Å². The summed E-state index contributed by atoms with van der Waals surface area (Å²) in [4.78, 5) is 27.3. The third-order valence-corrected chi connectivity index (χ3v) is 5.02. The van der Waals surface area contributed by atoms with Crippen molar-refractivity contribution < 1.29 is 9.18 Å². The minimum absolute atomic E-state index is 0.0529. The van der Waals surface area contributed by atoms with Crippen molar-refractivity contribution in [2.75, 3.05) is 18.4 Å². The molecule has 4 heterocycles. The number of nitrogens with one attached hydrogen (secondary N) is 1. The van der Waals surface area contributed by atoms with Crippen molar-refractivity contribution in [2.45, 2.75) is 33.2 Å². The molecule has 1 aliphatic rings. The molecule has 1 aliphatic heterocycles. The Morgan fingerprint density at radius 3 is 2.78 bits per heavy atom. The summed E-state index contributed by atoms with van der Waals surface area (Å²) < 4.78 is 14.0. The number of amides is 1. The Morgan fingerprint density at radius 2 is 2.04 bits per heavy atom. The van der Waals surface area contributed by atoms with Gasteiger partial charge in [-0.15, -0.1) is 11.3 Å². The first-order valence-electron chi connectivity index (χ1n) is 9.08. The van der Waals surface area contributed by atoms with E-state index in [1.807, 2.05) is 30.2 Å². The number of aromatic nitrogens is 3. The summed E-state index contributed by atoms with van der Waals surface area (Å²) in [5, 5.41) is 4.96. The van der Waals surface area contributed by atoms with Crippen LogP contribution in [0.2, 0.25) is 0 Å². The van der Waals surface area contributed by atoms with Crippen LogP contribution in [0.25, 0.3) is 10.2 Å². The molecule has 0 unspecified atom stereocenters. The van der Waals surface area contributed by atoms with Crippen molar-refractivity contribution >= 4 is 33.4 Å². The number of carbonyl (C=O) groups excluding carboxylic acids is 1. The summed E-state index contributed by atoms with van der Waals surface area (Å²) in [6.45, 7) is 5.87. The zero-order chi connectivity index (χ0) is 19.2. The van der Waals surface area contributed by atoms with Gasteiger partial charge in [-0.3, -0.25) is 9.78 Å². The molecular weight excluding hydrogens is 365 g/mol. The Bertz CT molecular complexity index is 923. The molecule has 1 fully saturated rings. The highest BCUT2D eigenvalue weighted by molar-refractivity contribution is 7.17. The van der Waals surface area contributed by atoms with Crippen LogP contribution in [0, 0.1) is 5.82 Å². The van der Waals surface area contributed by atoms with Gasteiger partial charge in [-0.25, -0.2) is 14.4 Å². The minimum atomic E-state index is -0.390. The molecule has 0 aliphatic carbocycles. The molecule has 0 bridgehead atoms. The van der Waals surface area contributed by atoms with E-state index >= 15 is 0 Å². The first-order valence-corrected chi connectivity index (χ1v) is 9.96. The molecule has 6 nitrogen and oxygen atoms in total. The van der Waals surface area contributed by atoms with E-state index in [0.717, 1.165) is 42.3 Å². The molecule has 4 rings (SSSR count). The van der Waals surface area contributed by atoms with E-state index in [1.165, 1.54) is 17.4 Å². The second-order valence-corrected chi connectivity index (χ2v) is 6.81. The van der Waals surface area contributed by atoms with Crippen molar-refractivity contribution in [1.82, 2.24) is 19.9 Å². The quantitative estimate of drug-likeness (QED) is 0.730. The van der Waals surface area contributed by atoms with Crippen LogP contribution in [0.1, 0.15) is 42.7 Å². The van der Waals surface area contributed by atoms with Gasteiger partial charge < -0.3 is 10.2 Å². The van der Waals surface area contributed by atoms with Gasteiger partial charge in [0, 0.05) is 25.8 Å². The second-order valence-electron chi connectivity index (χ2n) is 5.90. The van der Waals surface area contributed by atoms with Crippen LogP contribution in [0.4, 0.5) is 10.3 Å². The van der Waals surface area contributed by atoms with E-state index in [-0.39, 0.29) is 5.91 Å². The largest absolute Gasteiger partial charge is 0.350 e. The third-order valence-electron chi connectivity index (χ3n) is 4.11. The monoisotopic (exact) mass is 387 g/mol. The van der Waals surface area contributed by atoms with Crippen molar-refractivity contribution in [3.8, 4) is 0 Å². The van der Waals surface area contributed by atoms with E-state index in [9.17, 15) is 9.18 Å². The predicted octanol–water partition coefficient (Wildman–Crippen LogP) is 4.10. The number of pyridine rings is 1. The van der Waals surface area contributed by atoms with Crippen LogP contribution < -0.4 is 5.32 Å². The molecule has 1 saturated heterocycles.